The molecular formula is C10H13N3O3. The van der Waals surface area contributed by atoms with Crippen molar-refractivity contribution in [1.29, 1.82) is 0 Å². The number of carboxylic acids is 1. The number of H-pyrrole nitrogens is 1. The van der Waals surface area contributed by atoms with E-state index < -0.39 is 5.97 Å². The minimum Gasteiger partial charge on any atom is -0.477 e. The van der Waals surface area contributed by atoms with Gasteiger partial charge < -0.3 is 19.9 Å². The van der Waals surface area contributed by atoms with Crippen LogP contribution in [0.4, 0.5) is 11.5 Å². The zero-order valence-corrected chi connectivity index (χ0v) is 9.15. The average molecular weight is 223 g/mol. The molecule has 0 bridgehead atoms. The van der Waals surface area contributed by atoms with Gasteiger partial charge in [0.15, 0.2) is 0 Å². The van der Waals surface area contributed by atoms with Gasteiger partial charge in [-0.05, 0) is 6.07 Å². The summed E-state index contributed by atoms with van der Waals surface area (Å²) in [6.45, 7) is 2.74. The Morgan fingerprint density at radius 1 is 1.44 bits per heavy atom. The Labute approximate surface area is 92.5 Å². The van der Waals surface area contributed by atoms with E-state index in [1.165, 1.54) is 13.0 Å². The highest BCUT2D eigenvalue weighted by Gasteiger charge is 2.26. The van der Waals surface area contributed by atoms with Crippen LogP contribution in [0.5, 0.6) is 0 Å². The third-order valence-electron chi connectivity index (χ3n) is 2.72. The lowest BCUT2D eigenvalue weighted by Crippen LogP contribution is -2.41. The molecule has 6 nitrogen and oxygen atoms in total. The van der Waals surface area contributed by atoms with E-state index >= 15 is 0 Å². The first-order chi connectivity index (χ1) is 7.50. The number of anilines is 2. The summed E-state index contributed by atoms with van der Waals surface area (Å²) in [6, 6.07) is 1.49. The third-order valence-corrected chi connectivity index (χ3v) is 2.72. The van der Waals surface area contributed by atoms with Crippen molar-refractivity contribution in [3.8, 4) is 0 Å². The number of rotatable bonds is 1. The summed E-state index contributed by atoms with van der Waals surface area (Å²) in [5, 5.41) is 8.89. The van der Waals surface area contributed by atoms with Crippen LogP contribution >= 0.6 is 0 Å². The van der Waals surface area contributed by atoms with Gasteiger partial charge in [0.2, 0.25) is 5.91 Å². The second kappa shape index (κ2) is 3.55. The molecule has 0 spiro atoms. The molecule has 1 aliphatic rings. The van der Waals surface area contributed by atoms with Gasteiger partial charge in [0.05, 0.1) is 5.69 Å². The Bertz CT molecular complexity index is 452. The molecule has 1 amide bonds. The van der Waals surface area contributed by atoms with Crippen LogP contribution in [0.1, 0.15) is 17.4 Å². The molecule has 0 aliphatic carbocycles. The number of amides is 1. The van der Waals surface area contributed by atoms with Gasteiger partial charge in [0.25, 0.3) is 0 Å². The van der Waals surface area contributed by atoms with Crippen LogP contribution in [0.3, 0.4) is 0 Å². The minimum atomic E-state index is -1.02. The Morgan fingerprint density at radius 3 is 2.69 bits per heavy atom. The number of nitrogens with zero attached hydrogens (tertiary/aromatic N) is 2. The summed E-state index contributed by atoms with van der Waals surface area (Å²) in [5.74, 6) is -0.421. The van der Waals surface area contributed by atoms with E-state index in [0.717, 1.165) is 0 Å². The number of nitrogens with one attached hydrogen (secondary N) is 1. The van der Waals surface area contributed by atoms with E-state index in [1.54, 1.807) is 4.90 Å². The fraction of sp³-hybridized carbons (Fsp3) is 0.400. The van der Waals surface area contributed by atoms with Gasteiger partial charge in [0.1, 0.15) is 11.5 Å². The fourth-order valence-electron chi connectivity index (χ4n) is 1.85. The van der Waals surface area contributed by atoms with Crippen molar-refractivity contribution in [2.24, 2.45) is 0 Å². The van der Waals surface area contributed by atoms with Gasteiger partial charge >= 0.3 is 5.97 Å². The first kappa shape index (κ1) is 10.5. The molecule has 86 valence electrons. The molecule has 2 N–H and O–H groups in total. The zero-order chi connectivity index (χ0) is 11.9. The molecule has 1 aliphatic heterocycles. The van der Waals surface area contributed by atoms with Crippen molar-refractivity contribution < 1.29 is 14.7 Å². The fourth-order valence-corrected chi connectivity index (χ4v) is 1.85. The Balaban J connectivity index is 2.48. The van der Waals surface area contributed by atoms with E-state index in [0.29, 0.717) is 24.6 Å². The van der Waals surface area contributed by atoms with Crippen molar-refractivity contribution in [1.82, 2.24) is 4.98 Å². The molecule has 1 aromatic heterocycles. The van der Waals surface area contributed by atoms with Gasteiger partial charge in [-0.1, -0.05) is 0 Å². The molecule has 2 heterocycles. The van der Waals surface area contributed by atoms with Gasteiger partial charge in [-0.25, -0.2) is 4.79 Å². The predicted molar refractivity (Wildman–Crippen MR) is 59.0 cm³/mol. The molecule has 16 heavy (non-hydrogen) atoms. The third kappa shape index (κ3) is 1.52. The lowest BCUT2D eigenvalue weighted by Gasteiger charge is -2.32. The molecule has 0 saturated heterocycles. The van der Waals surface area contributed by atoms with E-state index in [4.69, 9.17) is 5.11 Å². The maximum absolute atomic E-state index is 11.4. The number of likely N-dealkylation sites (N-methyl/N-ethyl adjacent to an activating group) is 1. The van der Waals surface area contributed by atoms with Crippen molar-refractivity contribution >= 4 is 23.4 Å². The number of hydrogen-bond acceptors (Lipinski definition) is 3. The number of hydrogen-bond donors (Lipinski definition) is 2. The SMILES string of the molecule is CC(=O)N1CCN(C)c2[nH]c(C(=O)O)cc21. The predicted octanol–water partition coefficient (Wildman–Crippen LogP) is 0.516. The highest BCUT2D eigenvalue weighted by Crippen LogP contribution is 2.32. The molecule has 0 saturated carbocycles. The summed E-state index contributed by atoms with van der Waals surface area (Å²) in [6.07, 6.45) is 0. The largest absolute Gasteiger partial charge is 0.477 e. The number of aromatic nitrogens is 1. The van der Waals surface area contributed by atoms with Crippen LogP contribution in [0, 0.1) is 0 Å². The highest BCUT2D eigenvalue weighted by molar-refractivity contribution is 5.99. The second-order valence-corrected chi connectivity index (χ2v) is 3.81. The molecule has 0 unspecified atom stereocenters. The molecule has 2 rings (SSSR count). The Kier molecular flexibility index (Phi) is 2.34. The number of carbonyl (C=O) groups is 2. The van der Waals surface area contributed by atoms with Gasteiger partial charge in [-0.15, -0.1) is 0 Å². The average Bonchev–Trinajstić information content (AvgIpc) is 2.62. The standard InChI is InChI=1S/C10H13N3O3/c1-6(14)13-4-3-12(2)9-8(13)5-7(11-9)10(15)16/h5,11H,3-4H2,1-2H3,(H,15,16). The minimum absolute atomic E-state index is 0.0784. The zero-order valence-electron chi connectivity index (χ0n) is 9.15. The van der Waals surface area contributed by atoms with Gasteiger partial charge in [-0.2, -0.15) is 0 Å². The number of aromatic amines is 1. The maximum Gasteiger partial charge on any atom is 0.352 e. The molecular weight excluding hydrogens is 210 g/mol. The molecule has 0 atom stereocenters. The van der Waals surface area contributed by atoms with Crippen molar-refractivity contribution in [3.63, 3.8) is 0 Å². The number of carbonyl (C=O) groups excluding carboxylic acids is 1. The molecule has 0 radical (unpaired) electrons. The lowest BCUT2D eigenvalue weighted by molar-refractivity contribution is -0.116. The van der Waals surface area contributed by atoms with Crippen LogP contribution in [-0.2, 0) is 4.79 Å². The summed E-state index contributed by atoms with van der Waals surface area (Å²) in [5.41, 5.74) is 0.739. The van der Waals surface area contributed by atoms with Gasteiger partial charge in [0, 0.05) is 27.1 Å². The van der Waals surface area contributed by atoms with E-state index in [1.807, 2.05) is 11.9 Å². The van der Waals surface area contributed by atoms with Crippen molar-refractivity contribution in [3.05, 3.63) is 11.8 Å². The normalized spacial score (nSPS) is 14.9. The van der Waals surface area contributed by atoms with Crippen LogP contribution in [0.25, 0.3) is 0 Å². The molecule has 1 aromatic rings. The molecule has 0 aromatic carbocycles. The summed E-state index contributed by atoms with van der Waals surface area (Å²) >= 11 is 0. The molecule has 6 heteroatoms. The van der Waals surface area contributed by atoms with Crippen LogP contribution in [0.15, 0.2) is 6.07 Å². The monoisotopic (exact) mass is 223 g/mol. The Morgan fingerprint density at radius 2 is 2.12 bits per heavy atom. The Hall–Kier alpha value is -1.98. The number of carboxylic acid groups (broad SMARTS) is 1. The second-order valence-electron chi connectivity index (χ2n) is 3.81. The topological polar surface area (TPSA) is 76.6 Å². The van der Waals surface area contributed by atoms with E-state index in [-0.39, 0.29) is 11.6 Å². The quantitative estimate of drug-likeness (QED) is 0.727. The van der Waals surface area contributed by atoms with Crippen LogP contribution in [-0.4, -0.2) is 42.1 Å². The summed E-state index contributed by atoms with van der Waals surface area (Å²) in [7, 11) is 1.86. The number of fused-ring (bicyclic) bond motifs is 1. The lowest BCUT2D eigenvalue weighted by atomic mass is 10.3. The van der Waals surface area contributed by atoms with E-state index in [2.05, 4.69) is 4.98 Å². The molecule has 0 fully saturated rings. The maximum atomic E-state index is 11.4. The summed E-state index contributed by atoms with van der Waals surface area (Å²) in [4.78, 5) is 28.5. The van der Waals surface area contributed by atoms with Crippen molar-refractivity contribution in [2.45, 2.75) is 6.92 Å². The van der Waals surface area contributed by atoms with Gasteiger partial charge in [-0.3, -0.25) is 4.79 Å². The van der Waals surface area contributed by atoms with E-state index in [9.17, 15) is 9.59 Å². The summed E-state index contributed by atoms with van der Waals surface area (Å²) < 4.78 is 0. The van der Waals surface area contributed by atoms with Crippen molar-refractivity contribution in [2.75, 3.05) is 29.9 Å². The first-order valence-electron chi connectivity index (χ1n) is 4.96. The smallest absolute Gasteiger partial charge is 0.352 e. The van der Waals surface area contributed by atoms with Crippen LogP contribution < -0.4 is 9.80 Å². The highest BCUT2D eigenvalue weighted by atomic mass is 16.4. The van der Waals surface area contributed by atoms with Crippen LogP contribution in [0.2, 0.25) is 0 Å². The first-order valence-corrected chi connectivity index (χ1v) is 4.96. The number of aromatic carboxylic acids is 1.